The second-order valence-corrected chi connectivity index (χ2v) is 8.81. The molecule has 0 radical (unpaired) electrons. The predicted octanol–water partition coefficient (Wildman–Crippen LogP) is 7.60. The van der Waals surface area contributed by atoms with Gasteiger partial charge in [-0.05, 0) is 52.6 Å². The molecule has 5 aromatic rings. The molecule has 1 heterocycles. The van der Waals surface area contributed by atoms with Crippen molar-refractivity contribution in [2.45, 2.75) is 5.41 Å². The van der Waals surface area contributed by atoms with Gasteiger partial charge >= 0.3 is 0 Å². The van der Waals surface area contributed by atoms with E-state index >= 15 is 0 Å². The van der Waals surface area contributed by atoms with E-state index in [1.54, 1.807) is 12.1 Å². The Morgan fingerprint density at radius 2 is 1.00 bits per heavy atom. The van der Waals surface area contributed by atoms with Crippen LogP contribution in [-0.2, 0) is 5.41 Å². The summed E-state index contributed by atoms with van der Waals surface area (Å²) in [5.41, 5.74) is 7.71. The van der Waals surface area contributed by atoms with E-state index in [1.165, 1.54) is 11.1 Å². The van der Waals surface area contributed by atoms with Crippen molar-refractivity contribution < 1.29 is 0 Å². The van der Waals surface area contributed by atoms with Gasteiger partial charge in [0.05, 0.1) is 39.7 Å². The zero-order valence-corrected chi connectivity index (χ0v) is 19.5. The first-order chi connectivity index (χ1) is 17.8. The number of fused-ring (bicyclic) bond motifs is 2. The van der Waals surface area contributed by atoms with E-state index in [2.05, 4.69) is 102 Å². The summed E-state index contributed by atoms with van der Waals surface area (Å²) in [5, 5.41) is 19.7. The molecule has 0 fully saturated rings. The van der Waals surface area contributed by atoms with Crippen molar-refractivity contribution in [1.82, 2.24) is 0 Å². The van der Waals surface area contributed by atoms with Gasteiger partial charge in [-0.15, -0.1) is 0 Å². The molecule has 0 N–H and O–H groups in total. The zero-order chi connectivity index (χ0) is 24.5. The number of rotatable bonds is 3. The van der Waals surface area contributed by atoms with E-state index in [4.69, 9.17) is 0 Å². The van der Waals surface area contributed by atoms with Crippen molar-refractivity contribution in [1.29, 1.82) is 10.5 Å². The van der Waals surface area contributed by atoms with Crippen LogP contribution in [0, 0.1) is 22.7 Å². The minimum Gasteiger partial charge on any atom is -0.308 e. The number of nitrogens with zero attached hydrogens (tertiary/aromatic N) is 3. The highest BCUT2D eigenvalue weighted by atomic mass is 15.2. The lowest BCUT2D eigenvalue weighted by Gasteiger charge is -2.46. The van der Waals surface area contributed by atoms with E-state index in [0.717, 1.165) is 22.5 Å². The predicted molar refractivity (Wildman–Crippen MR) is 142 cm³/mol. The van der Waals surface area contributed by atoms with Gasteiger partial charge in [0, 0.05) is 0 Å². The summed E-state index contributed by atoms with van der Waals surface area (Å²) < 4.78 is 0. The topological polar surface area (TPSA) is 50.8 Å². The van der Waals surface area contributed by atoms with Crippen LogP contribution < -0.4 is 4.90 Å². The van der Waals surface area contributed by atoms with Gasteiger partial charge in [-0.2, -0.15) is 10.5 Å². The summed E-state index contributed by atoms with van der Waals surface area (Å²) in [6.45, 7) is 0. The molecule has 6 rings (SSSR count). The molecule has 36 heavy (non-hydrogen) atoms. The van der Waals surface area contributed by atoms with Crippen LogP contribution in [0.25, 0.3) is 0 Å². The molecule has 0 saturated heterocycles. The first kappa shape index (κ1) is 21.4. The maximum absolute atomic E-state index is 10.0. The van der Waals surface area contributed by atoms with Crippen molar-refractivity contribution in [2.24, 2.45) is 0 Å². The van der Waals surface area contributed by atoms with Crippen LogP contribution in [-0.4, -0.2) is 0 Å². The van der Waals surface area contributed by atoms with Gasteiger partial charge in [0.15, 0.2) is 0 Å². The van der Waals surface area contributed by atoms with Gasteiger partial charge in [0.25, 0.3) is 0 Å². The summed E-state index contributed by atoms with van der Waals surface area (Å²) in [6.07, 6.45) is 0. The van der Waals surface area contributed by atoms with Crippen LogP contribution in [0.5, 0.6) is 0 Å². The van der Waals surface area contributed by atoms with Crippen molar-refractivity contribution in [3.05, 3.63) is 161 Å². The molecule has 1 aliphatic heterocycles. The van der Waals surface area contributed by atoms with Gasteiger partial charge in [-0.3, -0.25) is 0 Å². The fraction of sp³-hybridized carbons (Fsp3) is 0.0303. The smallest absolute Gasteiger partial charge is 0.101 e. The molecule has 0 saturated carbocycles. The minimum atomic E-state index is -0.564. The third-order valence-electron chi connectivity index (χ3n) is 7.00. The summed E-state index contributed by atoms with van der Waals surface area (Å²) in [6, 6.07) is 47.8. The molecule has 0 bridgehead atoms. The highest BCUT2D eigenvalue weighted by Crippen LogP contribution is 2.57. The van der Waals surface area contributed by atoms with Gasteiger partial charge < -0.3 is 4.90 Å². The molecular weight excluding hydrogens is 438 g/mol. The van der Waals surface area contributed by atoms with Crippen molar-refractivity contribution in [3.8, 4) is 12.1 Å². The Bertz CT molecular complexity index is 1570. The molecule has 5 aromatic carbocycles. The zero-order valence-electron chi connectivity index (χ0n) is 19.5. The van der Waals surface area contributed by atoms with E-state index in [-0.39, 0.29) is 0 Å². The molecule has 0 amide bonds. The van der Waals surface area contributed by atoms with Crippen LogP contribution >= 0.6 is 0 Å². The SMILES string of the molecule is N#Cc1ccc(C#N)c(N2c3ccccc3C(c3ccccc3)(c3ccccc3)c3ccccc32)c1. The highest BCUT2D eigenvalue weighted by Gasteiger charge is 2.46. The summed E-state index contributed by atoms with van der Waals surface area (Å²) in [4.78, 5) is 2.13. The maximum atomic E-state index is 10.0. The normalized spacial score (nSPS) is 13.1. The Labute approximate surface area is 210 Å². The number of anilines is 3. The fourth-order valence-corrected chi connectivity index (χ4v) is 5.55. The van der Waals surface area contributed by atoms with Crippen LogP contribution in [0.2, 0.25) is 0 Å². The van der Waals surface area contributed by atoms with Crippen LogP contribution in [0.1, 0.15) is 33.4 Å². The average molecular weight is 460 g/mol. The first-order valence-corrected chi connectivity index (χ1v) is 11.8. The van der Waals surface area contributed by atoms with Crippen molar-refractivity contribution >= 4 is 17.1 Å². The van der Waals surface area contributed by atoms with Crippen molar-refractivity contribution in [3.63, 3.8) is 0 Å². The Balaban J connectivity index is 1.78. The lowest BCUT2D eigenvalue weighted by molar-refractivity contribution is 0.731. The molecule has 0 aliphatic carbocycles. The third-order valence-corrected chi connectivity index (χ3v) is 7.00. The Morgan fingerprint density at radius 1 is 0.500 bits per heavy atom. The van der Waals surface area contributed by atoms with Crippen LogP contribution in [0.4, 0.5) is 17.1 Å². The molecule has 3 nitrogen and oxygen atoms in total. The first-order valence-electron chi connectivity index (χ1n) is 11.8. The van der Waals surface area contributed by atoms with Crippen molar-refractivity contribution in [2.75, 3.05) is 4.90 Å². The monoisotopic (exact) mass is 459 g/mol. The van der Waals surface area contributed by atoms with Crippen LogP contribution in [0.3, 0.4) is 0 Å². The number of para-hydroxylation sites is 2. The molecule has 3 heteroatoms. The molecule has 0 unspecified atom stereocenters. The molecule has 0 atom stereocenters. The summed E-state index contributed by atoms with van der Waals surface area (Å²) in [5.74, 6) is 0. The number of benzene rings is 5. The Hall–Kier alpha value is -5.12. The molecule has 0 spiro atoms. The second kappa shape index (κ2) is 8.58. The third kappa shape index (κ3) is 3.04. The largest absolute Gasteiger partial charge is 0.308 e. The van der Waals surface area contributed by atoms with E-state index in [9.17, 15) is 10.5 Å². The van der Waals surface area contributed by atoms with Crippen LogP contribution in [0.15, 0.2) is 127 Å². The molecule has 0 aromatic heterocycles. The number of hydrogen-bond donors (Lipinski definition) is 0. The molecule has 1 aliphatic rings. The number of hydrogen-bond acceptors (Lipinski definition) is 3. The van der Waals surface area contributed by atoms with Gasteiger partial charge in [-0.25, -0.2) is 0 Å². The summed E-state index contributed by atoms with van der Waals surface area (Å²) in [7, 11) is 0. The summed E-state index contributed by atoms with van der Waals surface area (Å²) >= 11 is 0. The second-order valence-electron chi connectivity index (χ2n) is 8.81. The molecule has 168 valence electrons. The van der Waals surface area contributed by atoms with Gasteiger partial charge in [0.2, 0.25) is 0 Å². The van der Waals surface area contributed by atoms with E-state index in [0.29, 0.717) is 16.8 Å². The molecular formula is C33H21N3. The van der Waals surface area contributed by atoms with E-state index in [1.807, 2.05) is 30.3 Å². The maximum Gasteiger partial charge on any atom is 0.101 e. The average Bonchev–Trinajstić information content (AvgIpc) is 2.96. The lowest BCUT2D eigenvalue weighted by atomic mass is 9.62. The minimum absolute atomic E-state index is 0.516. The van der Waals surface area contributed by atoms with Gasteiger partial charge in [0.1, 0.15) is 6.07 Å². The Kier molecular flexibility index (Phi) is 5.11. The van der Waals surface area contributed by atoms with Gasteiger partial charge in [-0.1, -0.05) is 97.1 Å². The Morgan fingerprint density at radius 3 is 1.50 bits per heavy atom. The highest BCUT2D eigenvalue weighted by molar-refractivity contribution is 5.91. The fourth-order valence-electron chi connectivity index (χ4n) is 5.55. The standard InChI is InChI=1S/C33H21N3/c34-22-24-19-20-25(23-35)32(21-24)36-30-17-9-7-15-28(30)33(26-11-3-1-4-12-26,27-13-5-2-6-14-27)29-16-8-10-18-31(29)36/h1-21H. The van der Waals surface area contributed by atoms with E-state index < -0.39 is 5.41 Å². The quantitative estimate of drug-likeness (QED) is 0.274. The number of nitriles is 2. The lowest BCUT2D eigenvalue weighted by Crippen LogP contribution is -2.37.